The number of phenols is 1. The Bertz CT molecular complexity index is 925. The fourth-order valence-electron chi connectivity index (χ4n) is 2.10. The molecule has 23 heavy (non-hydrogen) atoms. The molecule has 0 unspecified atom stereocenters. The quantitative estimate of drug-likeness (QED) is 0.665. The van der Waals surface area contributed by atoms with E-state index in [2.05, 4.69) is 11.1 Å². The van der Waals surface area contributed by atoms with Crippen LogP contribution in [0, 0.1) is 11.3 Å². The fourth-order valence-corrected chi connectivity index (χ4v) is 3.08. The molecule has 0 saturated heterocycles. The molecule has 5 heteroatoms. The zero-order valence-electron chi connectivity index (χ0n) is 11.9. The number of thiazole rings is 1. The zero-order valence-corrected chi connectivity index (χ0v) is 13.5. The van der Waals surface area contributed by atoms with Gasteiger partial charge >= 0.3 is 0 Å². The number of halogens is 1. The van der Waals surface area contributed by atoms with Crippen molar-refractivity contribution in [1.82, 2.24) is 4.98 Å². The summed E-state index contributed by atoms with van der Waals surface area (Å²) in [5, 5.41) is 22.3. The first kappa shape index (κ1) is 15.3. The summed E-state index contributed by atoms with van der Waals surface area (Å²) in [5.41, 5.74) is 2.49. The summed E-state index contributed by atoms with van der Waals surface area (Å²) in [6, 6.07) is 16.5. The third kappa shape index (κ3) is 3.26. The lowest BCUT2D eigenvalue weighted by Crippen LogP contribution is -1.84. The fraction of sp³-hybridized carbons (Fsp3) is 0. The highest BCUT2D eigenvalue weighted by Gasteiger charge is 2.11. The van der Waals surface area contributed by atoms with Crippen LogP contribution >= 0.6 is 22.9 Å². The van der Waals surface area contributed by atoms with Crippen molar-refractivity contribution >= 4 is 34.6 Å². The molecule has 0 amide bonds. The van der Waals surface area contributed by atoms with Gasteiger partial charge < -0.3 is 5.11 Å². The van der Waals surface area contributed by atoms with Gasteiger partial charge in [0.2, 0.25) is 0 Å². The van der Waals surface area contributed by atoms with Crippen molar-refractivity contribution in [2.24, 2.45) is 0 Å². The summed E-state index contributed by atoms with van der Waals surface area (Å²) in [6.45, 7) is 0. The highest BCUT2D eigenvalue weighted by atomic mass is 35.5. The van der Waals surface area contributed by atoms with Crippen molar-refractivity contribution in [1.29, 1.82) is 5.26 Å². The van der Waals surface area contributed by atoms with E-state index in [0.717, 1.165) is 5.56 Å². The number of aromatic nitrogens is 1. The Morgan fingerprint density at radius 3 is 2.65 bits per heavy atom. The molecule has 3 rings (SSSR count). The maximum atomic E-state index is 9.91. The maximum absolute atomic E-state index is 9.91. The molecule has 2 aromatic carbocycles. The minimum atomic E-state index is 0.165. The molecule has 112 valence electrons. The standard InChI is InChI=1S/C18H11ClN2OS/c19-15-7-3-1-5-12(15)9-13(10-20)18-21-16(11-23-18)14-6-2-4-8-17(14)22/h1-9,11,22H/b13-9+. The van der Waals surface area contributed by atoms with Gasteiger partial charge in [-0.3, -0.25) is 0 Å². The van der Waals surface area contributed by atoms with E-state index in [1.54, 1.807) is 30.3 Å². The van der Waals surface area contributed by atoms with Crippen molar-refractivity contribution in [3.8, 4) is 23.1 Å². The van der Waals surface area contributed by atoms with Gasteiger partial charge in [-0.05, 0) is 29.8 Å². The molecule has 0 fully saturated rings. The largest absolute Gasteiger partial charge is 0.507 e. The number of nitrogens with zero attached hydrogens (tertiary/aromatic N) is 2. The molecule has 0 spiro atoms. The monoisotopic (exact) mass is 338 g/mol. The second-order valence-electron chi connectivity index (χ2n) is 4.75. The molecule has 3 aromatic rings. The predicted molar refractivity (Wildman–Crippen MR) is 94.2 cm³/mol. The highest BCUT2D eigenvalue weighted by molar-refractivity contribution is 7.11. The lowest BCUT2D eigenvalue weighted by Gasteiger charge is -2.00. The molecule has 0 aliphatic rings. The zero-order chi connectivity index (χ0) is 16.2. The molecule has 0 radical (unpaired) electrons. The van der Waals surface area contributed by atoms with Crippen LogP contribution in [0.15, 0.2) is 53.9 Å². The van der Waals surface area contributed by atoms with E-state index >= 15 is 0 Å². The Kier molecular flexibility index (Phi) is 4.42. The number of aromatic hydroxyl groups is 1. The summed E-state index contributed by atoms with van der Waals surface area (Å²) in [7, 11) is 0. The average Bonchev–Trinajstić information content (AvgIpc) is 3.04. The number of hydrogen-bond acceptors (Lipinski definition) is 4. The topological polar surface area (TPSA) is 56.9 Å². The number of nitriles is 1. The Morgan fingerprint density at radius 1 is 1.17 bits per heavy atom. The first-order chi connectivity index (χ1) is 11.2. The van der Waals surface area contributed by atoms with Crippen LogP contribution in [0.25, 0.3) is 22.9 Å². The molecule has 0 atom stereocenters. The van der Waals surface area contributed by atoms with E-state index in [-0.39, 0.29) is 5.75 Å². The lowest BCUT2D eigenvalue weighted by molar-refractivity contribution is 0.477. The van der Waals surface area contributed by atoms with E-state index in [4.69, 9.17) is 11.6 Å². The second-order valence-corrected chi connectivity index (χ2v) is 6.01. The molecule has 1 aromatic heterocycles. The first-order valence-electron chi connectivity index (χ1n) is 6.79. The molecule has 0 aliphatic heterocycles. The number of rotatable bonds is 3. The minimum absolute atomic E-state index is 0.165. The number of phenolic OH excluding ortho intramolecular Hbond substituents is 1. The highest BCUT2D eigenvalue weighted by Crippen LogP contribution is 2.32. The van der Waals surface area contributed by atoms with Crippen LogP contribution in [-0.2, 0) is 0 Å². The van der Waals surface area contributed by atoms with Crippen molar-refractivity contribution < 1.29 is 5.11 Å². The van der Waals surface area contributed by atoms with Crippen LogP contribution in [0.4, 0.5) is 0 Å². The smallest absolute Gasteiger partial charge is 0.134 e. The molecule has 0 saturated carbocycles. The lowest BCUT2D eigenvalue weighted by atomic mass is 10.1. The first-order valence-corrected chi connectivity index (χ1v) is 8.05. The Balaban J connectivity index is 2.00. The van der Waals surface area contributed by atoms with Gasteiger partial charge in [-0.2, -0.15) is 5.26 Å². The molecular formula is C18H11ClN2OS. The second kappa shape index (κ2) is 6.66. The van der Waals surface area contributed by atoms with Gasteiger partial charge in [0, 0.05) is 16.0 Å². The Morgan fingerprint density at radius 2 is 1.91 bits per heavy atom. The summed E-state index contributed by atoms with van der Waals surface area (Å²) in [6.07, 6.45) is 1.72. The van der Waals surface area contributed by atoms with Crippen LogP contribution in [0.2, 0.25) is 5.02 Å². The van der Waals surface area contributed by atoms with Gasteiger partial charge in [0.15, 0.2) is 0 Å². The average molecular weight is 339 g/mol. The van der Waals surface area contributed by atoms with E-state index in [1.165, 1.54) is 11.3 Å². The van der Waals surface area contributed by atoms with Gasteiger partial charge in [-0.1, -0.05) is 41.9 Å². The summed E-state index contributed by atoms with van der Waals surface area (Å²) in [4.78, 5) is 4.46. The van der Waals surface area contributed by atoms with E-state index in [1.807, 2.05) is 29.6 Å². The third-order valence-corrected chi connectivity index (χ3v) is 4.46. The van der Waals surface area contributed by atoms with E-state index < -0.39 is 0 Å². The van der Waals surface area contributed by atoms with E-state index in [0.29, 0.717) is 26.9 Å². The van der Waals surface area contributed by atoms with Crippen molar-refractivity contribution in [3.63, 3.8) is 0 Å². The number of benzene rings is 2. The third-order valence-electron chi connectivity index (χ3n) is 3.24. The minimum Gasteiger partial charge on any atom is -0.507 e. The Hall–Kier alpha value is -2.61. The van der Waals surface area contributed by atoms with Gasteiger partial charge in [0.1, 0.15) is 16.8 Å². The number of allylic oxidation sites excluding steroid dienone is 1. The predicted octanol–water partition coefficient (Wildman–Crippen LogP) is 5.23. The van der Waals surface area contributed by atoms with Crippen LogP contribution in [0.5, 0.6) is 5.75 Å². The van der Waals surface area contributed by atoms with Crippen molar-refractivity contribution in [2.45, 2.75) is 0 Å². The van der Waals surface area contributed by atoms with Crippen LogP contribution in [0.1, 0.15) is 10.6 Å². The van der Waals surface area contributed by atoms with Gasteiger partial charge in [-0.25, -0.2) is 4.98 Å². The molecule has 3 nitrogen and oxygen atoms in total. The molecule has 0 aliphatic carbocycles. The van der Waals surface area contributed by atoms with Crippen molar-refractivity contribution in [2.75, 3.05) is 0 Å². The number of hydrogen-bond donors (Lipinski definition) is 1. The van der Waals surface area contributed by atoms with Crippen LogP contribution in [-0.4, -0.2) is 10.1 Å². The van der Waals surface area contributed by atoms with Gasteiger partial charge in [-0.15, -0.1) is 11.3 Å². The van der Waals surface area contributed by atoms with Gasteiger partial charge in [0.05, 0.1) is 11.3 Å². The normalized spacial score (nSPS) is 11.2. The summed E-state index contributed by atoms with van der Waals surface area (Å²) in [5.74, 6) is 0.165. The SMILES string of the molecule is N#C/C(=C\c1ccccc1Cl)c1nc(-c2ccccc2O)cs1. The summed E-state index contributed by atoms with van der Waals surface area (Å²) < 4.78 is 0. The maximum Gasteiger partial charge on any atom is 0.134 e. The molecule has 0 bridgehead atoms. The van der Waals surface area contributed by atoms with Crippen molar-refractivity contribution in [3.05, 3.63) is 69.5 Å². The van der Waals surface area contributed by atoms with E-state index in [9.17, 15) is 10.4 Å². The molecule has 1 N–H and O–H groups in total. The number of para-hydroxylation sites is 1. The summed E-state index contributed by atoms with van der Waals surface area (Å²) >= 11 is 7.49. The van der Waals surface area contributed by atoms with Gasteiger partial charge in [0.25, 0.3) is 0 Å². The Labute approximate surface area is 142 Å². The molecule has 1 heterocycles. The van der Waals surface area contributed by atoms with Crippen LogP contribution in [0.3, 0.4) is 0 Å². The molecular weight excluding hydrogens is 328 g/mol. The van der Waals surface area contributed by atoms with Crippen LogP contribution < -0.4 is 0 Å².